The Morgan fingerprint density at radius 1 is 1.28 bits per heavy atom. The molecule has 3 rings (SSSR count). The number of hydrogen-bond donors (Lipinski definition) is 1. The number of carbonyl (C=O) groups excluding carboxylic acids is 1. The van der Waals surface area contributed by atoms with Crippen molar-refractivity contribution >= 4 is 29.0 Å². The predicted molar refractivity (Wildman–Crippen MR) is 109 cm³/mol. The minimum atomic E-state index is -0.466. The lowest BCUT2D eigenvalue weighted by molar-refractivity contribution is -0.383. The number of nitrogens with zero attached hydrogens (tertiary/aromatic N) is 5. The third-order valence-electron chi connectivity index (χ3n) is 5.12. The van der Waals surface area contributed by atoms with Crippen LogP contribution in [0.3, 0.4) is 0 Å². The van der Waals surface area contributed by atoms with Crippen LogP contribution < -0.4 is 10.2 Å². The van der Waals surface area contributed by atoms with Gasteiger partial charge >= 0.3 is 11.7 Å². The van der Waals surface area contributed by atoms with Gasteiger partial charge in [-0.3, -0.25) is 10.1 Å². The molecule has 10 heteroatoms. The Labute approximate surface area is 168 Å². The maximum atomic E-state index is 11.8. The third-order valence-corrected chi connectivity index (χ3v) is 5.12. The van der Waals surface area contributed by atoms with E-state index in [1.54, 1.807) is 24.3 Å². The van der Waals surface area contributed by atoms with E-state index in [2.05, 4.69) is 32.0 Å². The van der Waals surface area contributed by atoms with Crippen LogP contribution in [-0.2, 0) is 4.74 Å². The molecular weight excluding hydrogens is 376 g/mol. The summed E-state index contributed by atoms with van der Waals surface area (Å²) in [4.78, 5) is 35.3. The molecule has 2 heterocycles. The van der Waals surface area contributed by atoms with E-state index in [4.69, 9.17) is 0 Å². The Hall–Kier alpha value is -3.27. The van der Waals surface area contributed by atoms with Gasteiger partial charge in [-0.25, -0.2) is 14.8 Å². The lowest BCUT2D eigenvalue weighted by atomic mass is 10.0. The number of benzene rings is 1. The second-order valence-corrected chi connectivity index (χ2v) is 6.99. The highest BCUT2D eigenvalue weighted by atomic mass is 16.6. The molecule has 29 heavy (non-hydrogen) atoms. The lowest BCUT2D eigenvalue weighted by Gasteiger charge is -2.35. The number of hydrogen-bond acceptors (Lipinski definition) is 9. The molecule has 154 valence electrons. The zero-order chi connectivity index (χ0) is 21.0. The molecule has 1 aliphatic rings. The van der Waals surface area contributed by atoms with Gasteiger partial charge in [0, 0.05) is 18.8 Å². The Balaban J connectivity index is 1.87. The number of piperidine rings is 1. The molecule has 0 atom stereocenters. The number of aromatic nitrogens is 2. The smallest absolute Gasteiger partial charge is 0.353 e. The van der Waals surface area contributed by atoms with E-state index < -0.39 is 10.9 Å². The molecule has 0 bridgehead atoms. The third kappa shape index (κ3) is 4.60. The van der Waals surface area contributed by atoms with Crippen LogP contribution in [0.5, 0.6) is 0 Å². The summed E-state index contributed by atoms with van der Waals surface area (Å²) in [5.41, 5.74) is 0.774. The summed E-state index contributed by atoms with van der Waals surface area (Å²) in [6.07, 6.45) is 3.14. The summed E-state index contributed by atoms with van der Waals surface area (Å²) in [6, 6.07) is 6.60. The molecule has 2 aromatic rings. The maximum absolute atomic E-state index is 11.8. The number of esters is 1. The molecular formula is C19H24N6O4. The second-order valence-electron chi connectivity index (χ2n) is 6.99. The Morgan fingerprint density at radius 3 is 2.52 bits per heavy atom. The van der Waals surface area contributed by atoms with Crippen LogP contribution >= 0.6 is 0 Å². The zero-order valence-electron chi connectivity index (χ0n) is 16.7. The van der Waals surface area contributed by atoms with Crippen molar-refractivity contribution in [2.75, 3.05) is 44.5 Å². The Kier molecular flexibility index (Phi) is 6.23. The highest BCUT2D eigenvalue weighted by Gasteiger charge is 2.30. The molecule has 1 aromatic carbocycles. The first kappa shape index (κ1) is 20.5. The summed E-state index contributed by atoms with van der Waals surface area (Å²) in [5.74, 6) is -0.0644. The van der Waals surface area contributed by atoms with E-state index in [0.717, 1.165) is 25.9 Å². The first-order chi connectivity index (χ1) is 13.9. The predicted octanol–water partition coefficient (Wildman–Crippen LogP) is 2.45. The van der Waals surface area contributed by atoms with E-state index in [1.807, 2.05) is 11.9 Å². The van der Waals surface area contributed by atoms with Crippen LogP contribution in [0.2, 0.25) is 0 Å². The van der Waals surface area contributed by atoms with E-state index in [-0.39, 0.29) is 23.4 Å². The number of carbonyl (C=O) groups is 1. The molecule has 10 nitrogen and oxygen atoms in total. The molecule has 1 N–H and O–H groups in total. The molecule has 0 aliphatic carbocycles. The van der Waals surface area contributed by atoms with E-state index >= 15 is 0 Å². The summed E-state index contributed by atoms with van der Waals surface area (Å²) < 4.78 is 4.67. The van der Waals surface area contributed by atoms with Crippen molar-refractivity contribution in [3.63, 3.8) is 0 Å². The molecule has 0 spiro atoms. The fourth-order valence-electron chi connectivity index (χ4n) is 3.39. The summed E-state index contributed by atoms with van der Waals surface area (Å²) >= 11 is 0. The monoisotopic (exact) mass is 400 g/mol. The maximum Gasteiger partial charge on any atom is 0.353 e. The van der Waals surface area contributed by atoms with E-state index in [9.17, 15) is 14.9 Å². The highest BCUT2D eigenvalue weighted by Crippen LogP contribution is 2.35. The molecule has 0 amide bonds. The van der Waals surface area contributed by atoms with Gasteiger partial charge in [-0.05, 0) is 57.2 Å². The van der Waals surface area contributed by atoms with Crippen molar-refractivity contribution in [1.29, 1.82) is 0 Å². The van der Waals surface area contributed by atoms with Gasteiger partial charge in [0.25, 0.3) is 0 Å². The van der Waals surface area contributed by atoms with Gasteiger partial charge in [0.2, 0.25) is 11.6 Å². The average Bonchev–Trinajstić information content (AvgIpc) is 2.73. The summed E-state index contributed by atoms with van der Waals surface area (Å²) in [7, 11) is 5.21. The van der Waals surface area contributed by atoms with Crippen molar-refractivity contribution in [2.45, 2.75) is 18.9 Å². The number of nitrogens with one attached hydrogen (secondary N) is 1. The van der Waals surface area contributed by atoms with Crippen LogP contribution in [0.15, 0.2) is 30.6 Å². The van der Waals surface area contributed by atoms with Gasteiger partial charge in [-0.2, -0.15) is 0 Å². The standard InChI is InChI=1S/C19H24N6O4/c1-23-10-8-15(9-11-23)24(2)18-16(25(27)28)17(20-12-21-18)22-14-6-4-13(5-7-14)19(26)29-3/h4-7,12,15H,8-11H2,1-3H3,(H,20,21,22). The topological polar surface area (TPSA) is 114 Å². The van der Waals surface area contributed by atoms with Crippen LogP contribution in [-0.4, -0.2) is 66.1 Å². The van der Waals surface area contributed by atoms with Crippen LogP contribution in [0, 0.1) is 10.1 Å². The number of anilines is 3. The second kappa shape index (κ2) is 8.82. The van der Waals surface area contributed by atoms with Crippen molar-refractivity contribution in [2.24, 2.45) is 0 Å². The fourth-order valence-corrected chi connectivity index (χ4v) is 3.39. The average molecular weight is 400 g/mol. The molecule has 1 fully saturated rings. The minimum absolute atomic E-state index is 0.102. The minimum Gasteiger partial charge on any atom is -0.465 e. The van der Waals surface area contributed by atoms with Crippen molar-refractivity contribution in [3.05, 3.63) is 46.3 Å². The number of likely N-dealkylation sites (tertiary alicyclic amines) is 1. The quantitative estimate of drug-likeness (QED) is 0.443. The largest absolute Gasteiger partial charge is 0.465 e. The Morgan fingerprint density at radius 2 is 1.93 bits per heavy atom. The zero-order valence-corrected chi connectivity index (χ0v) is 16.7. The molecule has 0 radical (unpaired) electrons. The van der Waals surface area contributed by atoms with E-state index in [0.29, 0.717) is 11.3 Å². The molecule has 0 saturated carbocycles. The highest BCUT2D eigenvalue weighted by molar-refractivity contribution is 5.89. The molecule has 1 saturated heterocycles. The van der Waals surface area contributed by atoms with Gasteiger partial charge in [0.15, 0.2) is 0 Å². The van der Waals surface area contributed by atoms with Crippen LogP contribution in [0.1, 0.15) is 23.2 Å². The van der Waals surface area contributed by atoms with Gasteiger partial charge in [-0.1, -0.05) is 0 Å². The van der Waals surface area contributed by atoms with Crippen molar-refractivity contribution in [3.8, 4) is 0 Å². The SMILES string of the molecule is COC(=O)c1ccc(Nc2ncnc(N(C)C3CCN(C)CC3)c2[N+](=O)[O-])cc1. The van der Waals surface area contributed by atoms with Crippen LogP contribution in [0.4, 0.5) is 23.0 Å². The summed E-state index contributed by atoms with van der Waals surface area (Å²) in [5, 5.41) is 14.8. The van der Waals surface area contributed by atoms with Gasteiger partial charge in [0.05, 0.1) is 17.6 Å². The normalized spacial score (nSPS) is 15.0. The molecule has 1 aromatic heterocycles. The van der Waals surface area contributed by atoms with Crippen LogP contribution in [0.25, 0.3) is 0 Å². The fraction of sp³-hybridized carbons (Fsp3) is 0.421. The lowest BCUT2D eigenvalue weighted by Crippen LogP contribution is -2.42. The summed E-state index contributed by atoms with van der Waals surface area (Å²) in [6.45, 7) is 1.87. The van der Waals surface area contributed by atoms with Gasteiger partial charge in [0.1, 0.15) is 6.33 Å². The molecule has 0 unspecified atom stereocenters. The van der Waals surface area contributed by atoms with Gasteiger partial charge in [-0.15, -0.1) is 0 Å². The molecule has 1 aliphatic heterocycles. The number of ether oxygens (including phenoxy) is 1. The van der Waals surface area contributed by atoms with Crippen molar-refractivity contribution < 1.29 is 14.5 Å². The van der Waals surface area contributed by atoms with Gasteiger partial charge < -0.3 is 19.9 Å². The first-order valence-corrected chi connectivity index (χ1v) is 9.27. The number of rotatable bonds is 6. The Bertz CT molecular complexity index is 881. The first-order valence-electron chi connectivity index (χ1n) is 9.27. The number of nitro groups is 1. The number of methoxy groups -OCH3 is 1. The van der Waals surface area contributed by atoms with E-state index in [1.165, 1.54) is 13.4 Å². The van der Waals surface area contributed by atoms with Crippen molar-refractivity contribution in [1.82, 2.24) is 14.9 Å².